The SMILES string of the molecule is Cc1ccc(S(=O)(=O)N(CCN2CCCC[C@@H]2C)CCS(=O)(=O)N2CCNCC2)c(C)c1. The molecule has 0 aromatic heterocycles. The van der Waals surface area contributed by atoms with Gasteiger partial charge in [-0.3, -0.25) is 4.90 Å². The van der Waals surface area contributed by atoms with Crippen LogP contribution in [0.25, 0.3) is 0 Å². The molecule has 2 heterocycles. The average molecular weight is 487 g/mol. The van der Waals surface area contributed by atoms with Gasteiger partial charge in [0.15, 0.2) is 0 Å². The second-order valence-electron chi connectivity index (χ2n) is 9.02. The Hall–Kier alpha value is -1.04. The number of sulfonamides is 2. The van der Waals surface area contributed by atoms with Crippen molar-refractivity contribution in [2.45, 2.75) is 51.0 Å². The van der Waals surface area contributed by atoms with Crippen LogP contribution in [0.3, 0.4) is 0 Å². The molecule has 0 spiro atoms. The minimum atomic E-state index is -3.81. The number of hydrogen-bond donors (Lipinski definition) is 1. The van der Waals surface area contributed by atoms with Gasteiger partial charge < -0.3 is 5.32 Å². The molecular weight excluding hydrogens is 448 g/mol. The van der Waals surface area contributed by atoms with Crippen LogP contribution in [0.1, 0.15) is 37.3 Å². The summed E-state index contributed by atoms with van der Waals surface area (Å²) in [6.07, 6.45) is 3.43. The molecule has 2 aliphatic heterocycles. The molecule has 1 aromatic rings. The number of benzene rings is 1. The third-order valence-electron chi connectivity index (χ3n) is 6.59. The van der Waals surface area contributed by atoms with Crippen molar-refractivity contribution >= 4 is 20.0 Å². The van der Waals surface area contributed by atoms with Gasteiger partial charge in [0.25, 0.3) is 0 Å². The zero-order valence-corrected chi connectivity index (χ0v) is 21.2. The fourth-order valence-electron chi connectivity index (χ4n) is 4.58. The van der Waals surface area contributed by atoms with E-state index < -0.39 is 20.0 Å². The van der Waals surface area contributed by atoms with Crippen molar-refractivity contribution in [2.75, 3.05) is 58.1 Å². The molecule has 1 aromatic carbocycles. The van der Waals surface area contributed by atoms with Crippen molar-refractivity contribution in [3.05, 3.63) is 29.3 Å². The van der Waals surface area contributed by atoms with Crippen molar-refractivity contribution in [1.82, 2.24) is 18.8 Å². The number of hydrogen-bond acceptors (Lipinski definition) is 6. The first-order valence-corrected chi connectivity index (χ1v) is 14.7. The van der Waals surface area contributed by atoms with Gasteiger partial charge in [-0.15, -0.1) is 0 Å². The molecule has 2 aliphatic rings. The van der Waals surface area contributed by atoms with Gasteiger partial charge >= 0.3 is 0 Å². The van der Waals surface area contributed by atoms with Gasteiger partial charge in [0.05, 0.1) is 10.6 Å². The first-order valence-electron chi connectivity index (χ1n) is 11.6. The number of nitrogens with zero attached hydrogens (tertiary/aromatic N) is 3. The fraction of sp³-hybridized carbons (Fsp3) is 0.727. The summed E-state index contributed by atoms with van der Waals surface area (Å²) in [7, 11) is -7.33. The Bertz CT molecular complexity index is 976. The van der Waals surface area contributed by atoms with Crippen LogP contribution in [0.15, 0.2) is 23.1 Å². The summed E-state index contributed by atoms with van der Waals surface area (Å²) in [5.41, 5.74) is 1.68. The minimum Gasteiger partial charge on any atom is -0.314 e. The second kappa shape index (κ2) is 10.9. The molecular formula is C22H38N4O4S2. The van der Waals surface area contributed by atoms with E-state index in [0.717, 1.165) is 24.9 Å². The lowest BCUT2D eigenvalue weighted by Gasteiger charge is -2.35. The van der Waals surface area contributed by atoms with Gasteiger partial charge in [-0.25, -0.2) is 16.8 Å². The van der Waals surface area contributed by atoms with E-state index in [2.05, 4.69) is 17.1 Å². The van der Waals surface area contributed by atoms with E-state index in [1.807, 2.05) is 13.0 Å². The number of nitrogens with one attached hydrogen (secondary N) is 1. The Kier molecular flexibility index (Phi) is 8.73. The normalized spacial score (nSPS) is 21.8. The Morgan fingerprint density at radius 3 is 2.41 bits per heavy atom. The predicted molar refractivity (Wildman–Crippen MR) is 128 cm³/mol. The lowest BCUT2D eigenvalue weighted by molar-refractivity contribution is 0.152. The van der Waals surface area contributed by atoms with E-state index >= 15 is 0 Å². The van der Waals surface area contributed by atoms with Gasteiger partial charge in [0.2, 0.25) is 20.0 Å². The third-order valence-corrected chi connectivity index (χ3v) is 10.5. The molecule has 0 bridgehead atoms. The number of piperazine rings is 1. The van der Waals surface area contributed by atoms with Crippen LogP contribution < -0.4 is 5.32 Å². The molecule has 182 valence electrons. The van der Waals surface area contributed by atoms with Gasteiger partial charge in [0, 0.05) is 51.9 Å². The van der Waals surface area contributed by atoms with Crippen LogP contribution in [0.4, 0.5) is 0 Å². The topological polar surface area (TPSA) is 90.0 Å². The maximum atomic E-state index is 13.6. The molecule has 2 fully saturated rings. The molecule has 3 rings (SSSR count). The smallest absolute Gasteiger partial charge is 0.243 e. The first kappa shape index (κ1) is 25.6. The largest absolute Gasteiger partial charge is 0.314 e. The fourth-order valence-corrected chi connectivity index (χ4v) is 7.78. The molecule has 10 heteroatoms. The van der Waals surface area contributed by atoms with Crippen LogP contribution >= 0.6 is 0 Å². The van der Waals surface area contributed by atoms with Crippen molar-refractivity contribution in [1.29, 1.82) is 0 Å². The van der Waals surface area contributed by atoms with E-state index in [4.69, 9.17) is 0 Å². The maximum absolute atomic E-state index is 13.6. The van der Waals surface area contributed by atoms with Gasteiger partial charge in [-0.2, -0.15) is 8.61 Å². The molecule has 32 heavy (non-hydrogen) atoms. The zero-order chi connectivity index (χ0) is 23.4. The highest BCUT2D eigenvalue weighted by Gasteiger charge is 2.31. The van der Waals surface area contributed by atoms with E-state index in [0.29, 0.717) is 44.3 Å². The van der Waals surface area contributed by atoms with Gasteiger partial charge in [0.1, 0.15) is 0 Å². The molecule has 0 aliphatic carbocycles. The highest BCUT2D eigenvalue weighted by molar-refractivity contribution is 7.90. The molecule has 1 atom stereocenters. The number of rotatable bonds is 9. The van der Waals surface area contributed by atoms with E-state index in [9.17, 15) is 16.8 Å². The van der Waals surface area contributed by atoms with Gasteiger partial charge in [-0.05, 0) is 51.8 Å². The number of likely N-dealkylation sites (tertiary alicyclic amines) is 1. The second-order valence-corrected chi connectivity index (χ2v) is 13.0. The monoisotopic (exact) mass is 486 g/mol. The van der Waals surface area contributed by atoms with Crippen molar-refractivity contribution in [2.24, 2.45) is 0 Å². The molecule has 8 nitrogen and oxygen atoms in total. The highest BCUT2D eigenvalue weighted by atomic mass is 32.2. The molecule has 0 saturated carbocycles. The van der Waals surface area contributed by atoms with Crippen molar-refractivity contribution in [3.8, 4) is 0 Å². The quantitative estimate of drug-likeness (QED) is 0.568. The standard InChI is InChI=1S/C22H38N4O4S2/c1-19-7-8-22(20(2)18-19)32(29,30)26(15-14-24-11-5-4-6-21(24)3)16-17-31(27,28)25-12-9-23-10-13-25/h7-8,18,21,23H,4-6,9-17H2,1-3H3/t21-/m0/s1. The van der Waals surface area contributed by atoms with E-state index in [1.54, 1.807) is 19.1 Å². The van der Waals surface area contributed by atoms with E-state index in [-0.39, 0.29) is 23.7 Å². The van der Waals surface area contributed by atoms with Crippen molar-refractivity contribution < 1.29 is 16.8 Å². The Morgan fingerprint density at radius 2 is 1.75 bits per heavy atom. The Labute approximate surface area is 194 Å². The first-order chi connectivity index (χ1) is 15.1. The number of aryl methyl sites for hydroxylation is 2. The van der Waals surface area contributed by atoms with Crippen LogP contribution in [-0.2, 0) is 20.0 Å². The van der Waals surface area contributed by atoms with Gasteiger partial charge in [-0.1, -0.05) is 24.1 Å². The molecule has 2 saturated heterocycles. The summed E-state index contributed by atoms with van der Waals surface area (Å²) in [5.74, 6) is -0.202. The summed E-state index contributed by atoms with van der Waals surface area (Å²) in [6.45, 7) is 9.82. The van der Waals surface area contributed by atoms with Crippen LogP contribution in [0.5, 0.6) is 0 Å². The third kappa shape index (κ3) is 6.30. The highest BCUT2D eigenvalue weighted by Crippen LogP contribution is 2.22. The van der Waals surface area contributed by atoms with Crippen LogP contribution in [0.2, 0.25) is 0 Å². The number of piperidine rings is 1. The molecule has 1 N–H and O–H groups in total. The molecule has 0 amide bonds. The lowest BCUT2D eigenvalue weighted by Crippen LogP contribution is -2.49. The summed E-state index contributed by atoms with van der Waals surface area (Å²) in [4.78, 5) is 2.58. The summed E-state index contributed by atoms with van der Waals surface area (Å²) >= 11 is 0. The van der Waals surface area contributed by atoms with Crippen LogP contribution in [-0.4, -0.2) is 94.5 Å². The Morgan fingerprint density at radius 1 is 1.03 bits per heavy atom. The van der Waals surface area contributed by atoms with Crippen LogP contribution in [0, 0.1) is 13.8 Å². The zero-order valence-electron chi connectivity index (χ0n) is 19.6. The molecule has 0 unspecified atom stereocenters. The lowest BCUT2D eigenvalue weighted by atomic mass is 10.0. The Balaban J connectivity index is 1.79. The maximum Gasteiger partial charge on any atom is 0.243 e. The average Bonchev–Trinajstić information content (AvgIpc) is 2.75. The summed E-state index contributed by atoms with van der Waals surface area (Å²) in [6, 6.07) is 5.71. The summed E-state index contributed by atoms with van der Waals surface area (Å²) < 4.78 is 55.8. The minimum absolute atomic E-state index is 0.0376. The summed E-state index contributed by atoms with van der Waals surface area (Å²) in [5, 5.41) is 3.15. The predicted octanol–water partition coefficient (Wildman–Crippen LogP) is 1.40. The van der Waals surface area contributed by atoms with Crippen molar-refractivity contribution in [3.63, 3.8) is 0 Å². The molecule has 0 radical (unpaired) electrons. The van der Waals surface area contributed by atoms with E-state index in [1.165, 1.54) is 15.0 Å².